The van der Waals surface area contributed by atoms with Crippen LogP contribution in [0.25, 0.3) is 0 Å². The van der Waals surface area contributed by atoms with Gasteiger partial charge in [-0.1, -0.05) is 92.6 Å². The fourth-order valence-electron chi connectivity index (χ4n) is 7.91. The lowest BCUT2D eigenvalue weighted by atomic mass is 9.52. The van der Waals surface area contributed by atoms with Crippen molar-refractivity contribution in [2.24, 2.45) is 33.0 Å². The van der Waals surface area contributed by atoms with Crippen LogP contribution in [-0.2, 0) is 24.7 Å². The number of phenolic OH excluding ortho intramolecular Hbond substituents is 1. The quantitative estimate of drug-likeness (QED) is 0.185. The molecular weight excluding hydrogens is 632 g/mol. The van der Waals surface area contributed by atoms with Crippen LogP contribution in [0.5, 0.6) is 23.0 Å². The maximum Gasteiger partial charge on any atom is 0.340 e. The summed E-state index contributed by atoms with van der Waals surface area (Å²) in [6.45, 7) is 22.5. The summed E-state index contributed by atoms with van der Waals surface area (Å²) in [5, 5.41) is 10.4. The highest BCUT2D eigenvalue weighted by atomic mass is 16.6. The Bertz CT molecular complexity index is 1840. The Hall–Kier alpha value is -4.33. The van der Waals surface area contributed by atoms with Crippen molar-refractivity contribution in [1.82, 2.24) is 0 Å². The molecule has 2 aliphatic heterocycles. The average Bonchev–Trinajstić information content (AvgIpc) is 3.31. The predicted octanol–water partition coefficient (Wildman–Crippen LogP) is 9.59. The number of aromatic hydroxyl groups is 1. The molecule has 4 atom stereocenters. The van der Waals surface area contributed by atoms with Crippen LogP contribution in [0.1, 0.15) is 116 Å². The minimum absolute atomic E-state index is 0.0308. The summed E-state index contributed by atoms with van der Waals surface area (Å²) in [7, 11) is 1.43. The van der Waals surface area contributed by atoms with E-state index >= 15 is 0 Å². The van der Waals surface area contributed by atoms with Crippen LogP contribution in [0.3, 0.4) is 0 Å². The number of carbonyl (C=O) groups is 3. The van der Waals surface area contributed by atoms with Crippen LogP contribution in [0.2, 0.25) is 0 Å². The van der Waals surface area contributed by atoms with E-state index in [1.54, 1.807) is 36.4 Å². The lowest BCUT2D eigenvalue weighted by Gasteiger charge is -2.51. The van der Waals surface area contributed by atoms with Crippen LogP contribution < -0.4 is 9.47 Å². The van der Waals surface area contributed by atoms with Gasteiger partial charge in [-0.25, -0.2) is 4.79 Å². The zero-order valence-electron chi connectivity index (χ0n) is 31.6. The highest BCUT2D eigenvalue weighted by molar-refractivity contribution is 5.97. The van der Waals surface area contributed by atoms with E-state index in [1.165, 1.54) is 19.2 Å². The summed E-state index contributed by atoms with van der Waals surface area (Å²) in [6, 6.07) is 17.1. The predicted molar refractivity (Wildman–Crippen MR) is 191 cm³/mol. The molecule has 50 heavy (non-hydrogen) atoms. The summed E-state index contributed by atoms with van der Waals surface area (Å²) < 4.78 is 24.4. The molecule has 4 unspecified atom stereocenters. The third kappa shape index (κ3) is 5.74. The number of rotatable bonds is 8. The smallest absolute Gasteiger partial charge is 0.340 e. The Kier molecular flexibility index (Phi) is 8.99. The molecule has 0 radical (unpaired) electrons. The van der Waals surface area contributed by atoms with Gasteiger partial charge >= 0.3 is 17.9 Å². The van der Waals surface area contributed by atoms with Crippen LogP contribution in [0.15, 0.2) is 60.7 Å². The van der Waals surface area contributed by atoms with Gasteiger partial charge in [-0.3, -0.25) is 9.59 Å². The van der Waals surface area contributed by atoms with E-state index in [1.807, 2.05) is 46.8 Å². The highest BCUT2D eigenvalue weighted by Gasteiger charge is 2.57. The van der Waals surface area contributed by atoms with E-state index in [0.717, 1.165) is 0 Å². The molecule has 5 rings (SSSR count). The van der Waals surface area contributed by atoms with Gasteiger partial charge in [0.15, 0.2) is 17.1 Å². The third-order valence-corrected chi connectivity index (χ3v) is 11.9. The molecule has 3 aromatic rings. The molecule has 2 aliphatic rings. The first-order chi connectivity index (χ1) is 23.0. The van der Waals surface area contributed by atoms with Gasteiger partial charge in [0.2, 0.25) is 0 Å². The maximum atomic E-state index is 14.7. The molecule has 0 aliphatic carbocycles. The lowest BCUT2D eigenvalue weighted by Crippen LogP contribution is -2.52. The minimum Gasteiger partial charge on any atom is -0.508 e. The van der Waals surface area contributed by atoms with Gasteiger partial charge in [0.1, 0.15) is 11.5 Å². The number of fused-ring (bicyclic) bond motifs is 6. The summed E-state index contributed by atoms with van der Waals surface area (Å²) in [5.41, 5.74) is -2.44. The fourth-order valence-corrected chi connectivity index (χ4v) is 7.91. The highest BCUT2D eigenvalue weighted by Crippen LogP contribution is 2.60. The number of esters is 3. The first-order valence-electron chi connectivity index (χ1n) is 17.3. The summed E-state index contributed by atoms with van der Waals surface area (Å²) in [5.74, 6) is -0.715. The second kappa shape index (κ2) is 12.2. The van der Waals surface area contributed by atoms with Crippen LogP contribution in [0.4, 0.5) is 0 Å². The van der Waals surface area contributed by atoms with Gasteiger partial charge in [0.05, 0.1) is 29.1 Å². The van der Waals surface area contributed by atoms with E-state index in [4.69, 9.17) is 18.9 Å². The summed E-state index contributed by atoms with van der Waals surface area (Å²) >= 11 is 0. The van der Waals surface area contributed by atoms with Crippen molar-refractivity contribution in [3.05, 3.63) is 82.9 Å². The number of phenols is 1. The van der Waals surface area contributed by atoms with E-state index < -0.39 is 39.2 Å². The number of benzene rings is 3. The number of para-hydroxylation sites is 1. The number of hydrogen-bond donors (Lipinski definition) is 1. The zero-order chi connectivity index (χ0) is 37.2. The largest absolute Gasteiger partial charge is 0.508 e. The molecule has 0 bridgehead atoms. The first-order valence-corrected chi connectivity index (χ1v) is 17.3. The third-order valence-electron chi connectivity index (χ3n) is 11.9. The van der Waals surface area contributed by atoms with Crippen molar-refractivity contribution in [2.45, 2.75) is 94.6 Å². The molecule has 3 aromatic carbocycles. The Morgan fingerprint density at radius 1 is 0.820 bits per heavy atom. The normalized spacial score (nSPS) is 19.9. The van der Waals surface area contributed by atoms with Gasteiger partial charge in [0.25, 0.3) is 0 Å². The molecule has 0 fully saturated rings. The maximum absolute atomic E-state index is 14.7. The van der Waals surface area contributed by atoms with Crippen LogP contribution in [-0.4, -0.2) is 30.1 Å². The summed E-state index contributed by atoms with van der Waals surface area (Å²) in [4.78, 5) is 41.4. The van der Waals surface area contributed by atoms with E-state index in [0.29, 0.717) is 35.1 Å². The van der Waals surface area contributed by atoms with Crippen LogP contribution >= 0.6 is 0 Å². The number of hydrogen-bond acceptors (Lipinski definition) is 8. The Morgan fingerprint density at radius 2 is 1.46 bits per heavy atom. The van der Waals surface area contributed by atoms with Gasteiger partial charge in [0, 0.05) is 17.2 Å². The molecular formula is C42H52O8. The van der Waals surface area contributed by atoms with E-state index in [-0.39, 0.29) is 40.3 Å². The second-order valence-electron chi connectivity index (χ2n) is 17.4. The molecule has 8 heteroatoms. The standard InChI is InChI=1S/C42H52O8/c1-25(39(8,9)41(11,35(45)47-12)24-37(2,3)4)23-40(10,38(5,6)7)36(46)49-31-19-15-18-30-33(31)48-32-22-26(43)20-21-29(32)42(30)28-17-14-13-16-27(28)34(44)50-42/h13-22,25,43H,23-24H2,1-12H3. The van der Waals surface area contributed by atoms with Gasteiger partial charge in [-0.05, 0) is 73.1 Å². The summed E-state index contributed by atoms with van der Waals surface area (Å²) in [6.07, 6.45) is 1.02. The monoisotopic (exact) mass is 684 g/mol. The average molecular weight is 685 g/mol. The minimum atomic E-state index is -1.38. The molecule has 1 N–H and O–H groups in total. The van der Waals surface area contributed by atoms with E-state index in [9.17, 15) is 19.5 Å². The number of carbonyl (C=O) groups excluding carboxylic acids is 3. The molecule has 0 saturated carbocycles. The van der Waals surface area contributed by atoms with Crippen molar-refractivity contribution < 1.29 is 38.4 Å². The second-order valence-corrected chi connectivity index (χ2v) is 17.4. The first kappa shape index (κ1) is 36.9. The molecule has 2 heterocycles. The number of ether oxygens (including phenoxy) is 4. The van der Waals surface area contributed by atoms with Crippen molar-refractivity contribution >= 4 is 17.9 Å². The van der Waals surface area contributed by atoms with Gasteiger partial charge < -0.3 is 24.1 Å². The number of methoxy groups -OCH3 is 1. The topological polar surface area (TPSA) is 108 Å². The van der Waals surface area contributed by atoms with Gasteiger partial charge in [-0.15, -0.1) is 0 Å². The zero-order valence-corrected chi connectivity index (χ0v) is 31.6. The molecule has 0 saturated heterocycles. The molecule has 0 aromatic heterocycles. The van der Waals surface area contributed by atoms with Crippen molar-refractivity contribution in [2.75, 3.05) is 7.11 Å². The Morgan fingerprint density at radius 3 is 2.08 bits per heavy atom. The van der Waals surface area contributed by atoms with E-state index in [2.05, 4.69) is 41.5 Å². The molecule has 8 nitrogen and oxygen atoms in total. The molecule has 1 spiro atoms. The SMILES string of the molecule is COC(=O)C(C)(CC(C)(C)C)C(C)(C)C(C)CC(C)(C(=O)Oc1cccc2c1Oc1cc(O)ccc1C21OC(=O)c2ccccc21)C(C)(C)C. The Balaban J connectivity index is 1.57. The van der Waals surface area contributed by atoms with Crippen molar-refractivity contribution in [1.29, 1.82) is 0 Å². The molecule has 0 amide bonds. The molecule has 268 valence electrons. The van der Waals surface area contributed by atoms with Gasteiger partial charge in [-0.2, -0.15) is 0 Å². The lowest BCUT2D eigenvalue weighted by molar-refractivity contribution is -0.168. The van der Waals surface area contributed by atoms with Crippen LogP contribution in [0, 0.1) is 33.0 Å². The fraction of sp³-hybridized carbons (Fsp3) is 0.500. The Labute approximate surface area is 296 Å². The van der Waals surface area contributed by atoms with Crippen molar-refractivity contribution in [3.63, 3.8) is 0 Å². The van der Waals surface area contributed by atoms with Crippen molar-refractivity contribution in [3.8, 4) is 23.0 Å².